The molecule has 8 heteroatoms. The van der Waals surface area contributed by atoms with Gasteiger partial charge in [-0.25, -0.2) is 9.37 Å². The molecule has 0 atom stereocenters. The predicted octanol–water partition coefficient (Wildman–Crippen LogP) is 4.60. The molecule has 182 valence electrons. The minimum atomic E-state index is -0.453. The van der Waals surface area contributed by atoms with E-state index in [1.165, 1.54) is 18.2 Å². The number of halogens is 1. The van der Waals surface area contributed by atoms with Gasteiger partial charge in [0, 0.05) is 54.6 Å². The van der Waals surface area contributed by atoms with Crippen molar-refractivity contribution in [1.82, 2.24) is 9.88 Å². The molecule has 3 aromatic carbocycles. The number of para-hydroxylation sites is 1. The van der Waals surface area contributed by atoms with Gasteiger partial charge in [-0.05, 0) is 54.6 Å². The van der Waals surface area contributed by atoms with Crippen LogP contribution in [0.1, 0.15) is 20.8 Å². The summed E-state index contributed by atoms with van der Waals surface area (Å²) in [6.07, 6.45) is 0. The van der Waals surface area contributed by atoms with Crippen LogP contribution in [0.5, 0.6) is 5.75 Å². The molecule has 7 nitrogen and oxygen atoms in total. The Kier molecular flexibility index (Phi) is 6.49. The quantitative estimate of drug-likeness (QED) is 0.448. The fraction of sp³-hybridized carbons (Fsp3) is 0.179. The summed E-state index contributed by atoms with van der Waals surface area (Å²) >= 11 is 0. The van der Waals surface area contributed by atoms with Crippen LogP contribution in [-0.2, 0) is 0 Å². The number of rotatable bonds is 5. The lowest BCUT2D eigenvalue weighted by molar-refractivity contribution is 0.0740. The number of nitrogens with zero attached hydrogens (tertiary/aromatic N) is 3. The van der Waals surface area contributed by atoms with E-state index in [9.17, 15) is 14.0 Å². The molecule has 1 fully saturated rings. The van der Waals surface area contributed by atoms with Crippen LogP contribution in [0.25, 0.3) is 10.9 Å². The van der Waals surface area contributed by atoms with Crippen LogP contribution in [0.3, 0.4) is 0 Å². The second kappa shape index (κ2) is 10.0. The van der Waals surface area contributed by atoms with Crippen molar-refractivity contribution in [2.24, 2.45) is 0 Å². The number of amides is 2. The van der Waals surface area contributed by atoms with Crippen molar-refractivity contribution in [1.29, 1.82) is 0 Å². The number of methoxy groups -OCH3 is 1. The predicted molar refractivity (Wildman–Crippen MR) is 137 cm³/mol. The number of carbonyl (C=O) groups is 2. The smallest absolute Gasteiger partial charge is 0.272 e. The van der Waals surface area contributed by atoms with Gasteiger partial charge in [0.25, 0.3) is 11.8 Å². The van der Waals surface area contributed by atoms with Crippen molar-refractivity contribution in [2.75, 3.05) is 43.5 Å². The van der Waals surface area contributed by atoms with Crippen molar-refractivity contribution < 1.29 is 18.7 Å². The van der Waals surface area contributed by atoms with E-state index in [2.05, 4.69) is 15.2 Å². The van der Waals surface area contributed by atoms with E-state index in [0.29, 0.717) is 43.3 Å². The summed E-state index contributed by atoms with van der Waals surface area (Å²) in [5.41, 5.74) is 2.98. The Morgan fingerprint density at radius 2 is 1.67 bits per heavy atom. The summed E-state index contributed by atoms with van der Waals surface area (Å²) in [7, 11) is 1.59. The maximum Gasteiger partial charge on any atom is 0.272 e. The number of ether oxygens (including phenoxy) is 1. The van der Waals surface area contributed by atoms with Gasteiger partial charge in [0.1, 0.15) is 17.3 Å². The molecule has 5 rings (SSSR count). The van der Waals surface area contributed by atoms with Crippen molar-refractivity contribution >= 4 is 34.1 Å². The number of piperazine rings is 1. The number of nitrogens with one attached hydrogen (secondary N) is 1. The van der Waals surface area contributed by atoms with Gasteiger partial charge in [-0.3, -0.25) is 9.59 Å². The molecule has 2 heterocycles. The minimum absolute atomic E-state index is 0.117. The Morgan fingerprint density at radius 3 is 2.39 bits per heavy atom. The molecule has 0 spiro atoms. The standard InChI is InChI=1S/C28H25FN4O3/c1-36-26-18-25(31-24-8-3-2-7-23(24)26)28(35)33-15-13-32(14-16-33)22-11-9-21(10-12-22)30-27(34)19-5-4-6-20(29)17-19/h2-12,17-18H,13-16H2,1H3,(H,30,34). The van der Waals surface area contributed by atoms with E-state index in [0.717, 1.165) is 16.6 Å². The molecule has 1 N–H and O–H groups in total. The second-order valence-corrected chi connectivity index (χ2v) is 8.52. The number of carbonyl (C=O) groups excluding carboxylic acids is 2. The molecule has 4 aromatic rings. The topological polar surface area (TPSA) is 74.8 Å². The van der Waals surface area contributed by atoms with Crippen molar-refractivity contribution in [3.63, 3.8) is 0 Å². The fourth-order valence-corrected chi connectivity index (χ4v) is 4.34. The molecule has 1 aromatic heterocycles. The van der Waals surface area contributed by atoms with Gasteiger partial charge >= 0.3 is 0 Å². The first-order valence-electron chi connectivity index (χ1n) is 11.7. The van der Waals surface area contributed by atoms with Crippen molar-refractivity contribution in [3.8, 4) is 5.75 Å². The highest BCUT2D eigenvalue weighted by Gasteiger charge is 2.24. The lowest BCUT2D eigenvalue weighted by Gasteiger charge is -2.36. The zero-order valence-electron chi connectivity index (χ0n) is 19.8. The summed E-state index contributed by atoms with van der Waals surface area (Å²) in [6.45, 7) is 2.47. The summed E-state index contributed by atoms with van der Waals surface area (Å²) in [5, 5.41) is 3.66. The van der Waals surface area contributed by atoms with Crippen LogP contribution in [0, 0.1) is 5.82 Å². The SMILES string of the molecule is COc1cc(C(=O)N2CCN(c3ccc(NC(=O)c4cccc(F)c4)cc3)CC2)nc2ccccc12. The number of anilines is 2. The van der Waals surface area contributed by atoms with E-state index in [1.54, 1.807) is 24.1 Å². The molecule has 1 saturated heterocycles. The molecule has 0 radical (unpaired) electrons. The number of benzene rings is 3. The Hall–Kier alpha value is -4.46. The summed E-state index contributed by atoms with van der Waals surface area (Å²) in [4.78, 5) is 34.1. The second-order valence-electron chi connectivity index (χ2n) is 8.52. The first-order valence-corrected chi connectivity index (χ1v) is 11.7. The summed E-state index contributed by atoms with van der Waals surface area (Å²) in [5.74, 6) is -0.305. The molecule has 1 aliphatic heterocycles. The number of hydrogen-bond acceptors (Lipinski definition) is 5. The lowest BCUT2D eigenvalue weighted by Crippen LogP contribution is -2.49. The van der Waals surface area contributed by atoms with Gasteiger partial charge in [-0.1, -0.05) is 18.2 Å². The van der Waals surface area contributed by atoms with Gasteiger partial charge < -0.3 is 19.9 Å². The highest BCUT2D eigenvalue weighted by molar-refractivity contribution is 6.04. The van der Waals surface area contributed by atoms with Crippen LogP contribution in [0.2, 0.25) is 0 Å². The highest BCUT2D eigenvalue weighted by Crippen LogP contribution is 2.26. The van der Waals surface area contributed by atoms with Crippen LogP contribution in [0.15, 0.2) is 78.9 Å². The van der Waals surface area contributed by atoms with Gasteiger partial charge in [0.05, 0.1) is 12.6 Å². The summed E-state index contributed by atoms with van der Waals surface area (Å²) in [6, 6.07) is 22.4. The van der Waals surface area contributed by atoms with Gasteiger partial charge in [0.15, 0.2) is 0 Å². The van der Waals surface area contributed by atoms with Crippen LogP contribution >= 0.6 is 0 Å². The molecule has 1 aliphatic rings. The third-order valence-electron chi connectivity index (χ3n) is 6.26. The number of hydrogen-bond donors (Lipinski definition) is 1. The van der Waals surface area contributed by atoms with Crippen LogP contribution in [0.4, 0.5) is 15.8 Å². The number of aromatic nitrogens is 1. The number of fused-ring (bicyclic) bond motifs is 1. The lowest BCUT2D eigenvalue weighted by atomic mass is 10.1. The third kappa shape index (κ3) is 4.84. The van der Waals surface area contributed by atoms with Gasteiger partial charge in [0.2, 0.25) is 0 Å². The van der Waals surface area contributed by atoms with Crippen molar-refractivity contribution in [3.05, 3.63) is 95.9 Å². The highest BCUT2D eigenvalue weighted by atomic mass is 19.1. The van der Waals surface area contributed by atoms with E-state index in [-0.39, 0.29) is 17.4 Å². The zero-order chi connectivity index (χ0) is 25.1. The molecule has 36 heavy (non-hydrogen) atoms. The monoisotopic (exact) mass is 484 g/mol. The third-order valence-corrected chi connectivity index (χ3v) is 6.26. The van der Waals surface area contributed by atoms with E-state index < -0.39 is 5.82 Å². The summed E-state index contributed by atoms with van der Waals surface area (Å²) < 4.78 is 18.9. The molecular formula is C28H25FN4O3. The molecular weight excluding hydrogens is 459 g/mol. The average Bonchev–Trinajstić information content (AvgIpc) is 2.92. The maximum absolute atomic E-state index is 13.4. The Balaban J connectivity index is 1.21. The Bertz CT molecular complexity index is 1420. The fourth-order valence-electron chi connectivity index (χ4n) is 4.34. The van der Waals surface area contributed by atoms with Gasteiger partial charge in [-0.2, -0.15) is 0 Å². The first-order chi connectivity index (χ1) is 17.5. The maximum atomic E-state index is 13.4. The number of pyridine rings is 1. The van der Waals surface area contributed by atoms with E-state index >= 15 is 0 Å². The van der Waals surface area contributed by atoms with Crippen LogP contribution < -0.4 is 15.0 Å². The van der Waals surface area contributed by atoms with E-state index in [1.807, 2.05) is 48.5 Å². The van der Waals surface area contributed by atoms with Crippen LogP contribution in [-0.4, -0.2) is 55.0 Å². The molecule has 0 bridgehead atoms. The average molecular weight is 485 g/mol. The Labute approximate surface area is 208 Å². The molecule has 0 unspecified atom stereocenters. The first kappa shape index (κ1) is 23.3. The zero-order valence-corrected chi connectivity index (χ0v) is 19.8. The molecule has 0 saturated carbocycles. The van der Waals surface area contributed by atoms with Gasteiger partial charge in [-0.15, -0.1) is 0 Å². The molecule has 0 aliphatic carbocycles. The minimum Gasteiger partial charge on any atom is -0.496 e. The largest absolute Gasteiger partial charge is 0.496 e. The normalized spacial score (nSPS) is 13.5. The molecule has 2 amide bonds. The Morgan fingerprint density at radius 1 is 0.917 bits per heavy atom. The van der Waals surface area contributed by atoms with E-state index in [4.69, 9.17) is 4.74 Å². The van der Waals surface area contributed by atoms with Crippen molar-refractivity contribution in [2.45, 2.75) is 0 Å².